The molecule has 0 aliphatic carbocycles. The van der Waals surface area contributed by atoms with Crippen LogP contribution in [0.3, 0.4) is 0 Å². The average Bonchev–Trinajstić information content (AvgIpc) is 3.06. The topological polar surface area (TPSA) is 72.7 Å². The second-order valence-corrected chi connectivity index (χ2v) is 8.84. The molecule has 0 unspecified atom stereocenters. The van der Waals surface area contributed by atoms with Gasteiger partial charge in [0.2, 0.25) is 11.8 Å². The van der Waals surface area contributed by atoms with Crippen molar-refractivity contribution in [3.63, 3.8) is 0 Å². The van der Waals surface area contributed by atoms with Gasteiger partial charge in [-0.25, -0.2) is 0 Å². The van der Waals surface area contributed by atoms with Gasteiger partial charge in [0, 0.05) is 37.6 Å². The molecule has 0 atom stereocenters. The van der Waals surface area contributed by atoms with Crippen LogP contribution in [0, 0.1) is 0 Å². The molecule has 6 nitrogen and oxygen atoms in total. The largest absolute Gasteiger partial charge is 0.383 e. The number of fused-ring (bicyclic) bond motifs is 1. The fourth-order valence-electron chi connectivity index (χ4n) is 2.93. The smallest absolute Gasteiger partial charge is 0.248 e. The lowest BCUT2D eigenvalue weighted by atomic mass is 10.3. The van der Waals surface area contributed by atoms with E-state index in [0.29, 0.717) is 24.4 Å². The van der Waals surface area contributed by atoms with Gasteiger partial charge in [-0.15, -0.1) is 11.8 Å². The van der Waals surface area contributed by atoms with Gasteiger partial charge in [0.05, 0.1) is 16.8 Å². The predicted molar refractivity (Wildman–Crippen MR) is 123 cm³/mol. The highest BCUT2D eigenvalue weighted by molar-refractivity contribution is 7.99. The van der Waals surface area contributed by atoms with Gasteiger partial charge >= 0.3 is 0 Å². The maximum absolute atomic E-state index is 12.5. The van der Waals surface area contributed by atoms with E-state index in [4.69, 9.17) is 4.74 Å². The molecule has 3 rings (SSSR count). The molecule has 0 spiro atoms. The van der Waals surface area contributed by atoms with Crippen molar-refractivity contribution in [2.45, 2.75) is 31.2 Å². The summed E-state index contributed by atoms with van der Waals surface area (Å²) in [5.41, 5.74) is 1.70. The molecule has 0 bridgehead atoms. The van der Waals surface area contributed by atoms with Gasteiger partial charge in [-0.05, 0) is 42.5 Å². The highest BCUT2D eigenvalue weighted by atomic mass is 32.2. The molecule has 1 aromatic heterocycles. The molecule has 1 heterocycles. The zero-order chi connectivity index (χ0) is 21.3. The van der Waals surface area contributed by atoms with Crippen molar-refractivity contribution in [2.75, 3.05) is 24.8 Å². The van der Waals surface area contributed by atoms with Crippen LogP contribution >= 0.6 is 23.1 Å². The molecule has 0 aliphatic heterocycles. The summed E-state index contributed by atoms with van der Waals surface area (Å²) in [6.45, 7) is 2.60. The normalized spacial score (nSPS) is 11.7. The number of carbonyl (C=O) groups excluding carboxylic acids is 2. The van der Waals surface area contributed by atoms with Crippen molar-refractivity contribution >= 4 is 50.8 Å². The average molecular weight is 444 g/mol. The molecule has 30 heavy (non-hydrogen) atoms. The number of hydrogen-bond donors (Lipinski definition) is 1. The van der Waals surface area contributed by atoms with Crippen LogP contribution in [-0.2, 0) is 20.9 Å². The Balaban J connectivity index is 1.73. The SMILES string of the molecule is COCCn1c(=NC(=O)CCCSc2ccccc2)sc2cc(NC(C)=O)ccc21. The lowest BCUT2D eigenvalue weighted by Crippen LogP contribution is -2.19. The fraction of sp³-hybridized carbons (Fsp3) is 0.318. The Morgan fingerprint density at radius 1 is 1.20 bits per heavy atom. The monoisotopic (exact) mass is 443 g/mol. The van der Waals surface area contributed by atoms with E-state index in [1.165, 1.54) is 23.2 Å². The van der Waals surface area contributed by atoms with E-state index < -0.39 is 0 Å². The molecule has 158 valence electrons. The van der Waals surface area contributed by atoms with E-state index in [2.05, 4.69) is 22.4 Å². The first-order chi connectivity index (χ1) is 14.6. The maximum atomic E-state index is 12.5. The first kappa shape index (κ1) is 22.3. The minimum atomic E-state index is -0.122. The van der Waals surface area contributed by atoms with E-state index in [-0.39, 0.29) is 11.8 Å². The van der Waals surface area contributed by atoms with Gasteiger partial charge in [0.15, 0.2) is 4.80 Å². The number of carbonyl (C=O) groups is 2. The third-order valence-corrected chi connectivity index (χ3v) is 6.43. The molecular weight excluding hydrogens is 418 g/mol. The van der Waals surface area contributed by atoms with Crippen LogP contribution in [0.2, 0.25) is 0 Å². The van der Waals surface area contributed by atoms with Gasteiger partial charge in [-0.1, -0.05) is 29.5 Å². The molecule has 3 aromatic rings. The van der Waals surface area contributed by atoms with Gasteiger partial charge in [-0.3, -0.25) is 9.59 Å². The zero-order valence-electron chi connectivity index (χ0n) is 17.1. The Morgan fingerprint density at radius 3 is 2.73 bits per heavy atom. The number of amides is 2. The van der Waals surface area contributed by atoms with Gasteiger partial charge < -0.3 is 14.6 Å². The molecule has 0 saturated heterocycles. The number of benzene rings is 2. The van der Waals surface area contributed by atoms with Crippen LogP contribution in [-0.4, -0.2) is 35.9 Å². The molecular formula is C22H25N3O3S2. The molecule has 2 aromatic carbocycles. The molecule has 1 N–H and O–H groups in total. The summed E-state index contributed by atoms with van der Waals surface area (Å²) in [6.07, 6.45) is 1.19. The molecule has 0 aliphatic rings. The van der Waals surface area contributed by atoms with E-state index in [1.807, 2.05) is 41.0 Å². The Morgan fingerprint density at radius 2 is 2.00 bits per heavy atom. The van der Waals surface area contributed by atoms with E-state index >= 15 is 0 Å². The van der Waals surface area contributed by atoms with Crippen LogP contribution in [0.4, 0.5) is 5.69 Å². The van der Waals surface area contributed by atoms with Crippen LogP contribution in [0.1, 0.15) is 19.8 Å². The number of ether oxygens (including phenoxy) is 1. The summed E-state index contributed by atoms with van der Waals surface area (Å²) in [6, 6.07) is 15.9. The molecule has 0 fully saturated rings. The number of thiazole rings is 1. The highest BCUT2D eigenvalue weighted by Crippen LogP contribution is 2.22. The lowest BCUT2D eigenvalue weighted by Gasteiger charge is -2.05. The minimum absolute atomic E-state index is 0.119. The van der Waals surface area contributed by atoms with Crippen LogP contribution in [0.5, 0.6) is 0 Å². The second-order valence-electron chi connectivity index (χ2n) is 6.66. The van der Waals surface area contributed by atoms with Crippen molar-refractivity contribution < 1.29 is 14.3 Å². The second kappa shape index (κ2) is 11.1. The summed E-state index contributed by atoms with van der Waals surface area (Å²) >= 11 is 3.19. The minimum Gasteiger partial charge on any atom is -0.383 e. The number of aromatic nitrogens is 1. The van der Waals surface area contributed by atoms with Crippen LogP contribution < -0.4 is 10.1 Å². The van der Waals surface area contributed by atoms with Gasteiger partial charge in [0.1, 0.15) is 0 Å². The van der Waals surface area contributed by atoms with E-state index in [0.717, 1.165) is 28.1 Å². The van der Waals surface area contributed by atoms with E-state index in [1.54, 1.807) is 18.9 Å². The van der Waals surface area contributed by atoms with Crippen molar-refractivity contribution in [3.05, 3.63) is 53.3 Å². The fourth-order valence-corrected chi connectivity index (χ4v) is 4.92. The van der Waals surface area contributed by atoms with Gasteiger partial charge in [0.25, 0.3) is 0 Å². The third-order valence-electron chi connectivity index (χ3n) is 4.29. The van der Waals surface area contributed by atoms with Crippen molar-refractivity contribution in [3.8, 4) is 0 Å². The number of nitrogens with zero attached hydrogens (tertiary/aromatic N) is 2. The highest BCUT2D eigenvalue weighted by Gasteiger charge is 2.09. The quantitative estimate of drug-likeness (QED) is 0.395. The van der Waals surface area contributed by atoms with Crippen molar-refractivity contribution in [2.24, 2.45) is 4.99 Å². The summed E-state index contributed by atoms with van der Waals surface area (Å²) < 4.78 is 8.18. The zero-order valence-corrected chi connectivity index (χ0v) is 18.7. The Kier molecular flexibility index (Phi) is 8.24. The Hall–Kier alpha value is -2.42. The summed E-state index contributed by atoms with van der Waals surface area (Å²) in [5.74, 6) is 0.636. The first-order valence-corrected chi connectivity index (χ1v) is 11.5. The van der Waals surface area contributed by atoms with Crippen LogP contribution in [0.25, 0.3) is 10.2 Å². The summed E-state index contributed by atoms with van der Waals surface area (Å²) in [5, 5.41) is 2.79. The van der Waals surface area contributed by atoms with E-state index in [9.17, 15) is 9.59 Å². The molecule has 8 heteroatoms. The first-order valence-electron chi connectivity index (χ1n) is 9.72. The number of nitrogens with one attached hydrogen (secondary N) is 1. The summed E-state index contributed by atoms with van der Waals surface area (Å²) in [7, 11) is 1.65. The standard InChI is InChI=1S/C22H25N3O3S2/c1-16(26)23-17-10-11-19-20(15-17)30-22(25(19)12-13-28-2)24-21(27)9-6-14-29-18-7-4-3-5-8-18/h3-5,7-8,10-11,15H,6,9,12-14H2,1-2H3,(H,23,26). The molecule has 0 saturated carbocycles. The lowest BCUT2D eigenvalue weighted by molar-refractivity contribution is -0.118. The van der Waals surface area contributed by atoms with Gasteiger partial charge in [-0.2, -0.15) is 4.99 Å². The number of methoxy groups -OCH3 is 1. The van der Waals surface area contributed by atoms with Crippen LogP contribution in [0.15, 0.2) is 58.4 Å². The number of anilines is 1. The third kappa shape index (κ3) is 6.29. The number of hydrogen-bond acceptors (Lipinski definition) is 5. The summed E-state index contributed by atoms with van der Waals surface area (Å²) in [4.78, 5) is 30.0. The number of thioether (sulfide) groups is 1. The Labute approximate surface area is 184 Å². The molecule has 0 radical (unpaired) electrons. The predicted octanol–water partition coefficient (Wildman–Crippen LogP) is 4.31. The van der Waals surface area contributed by atoms with Crippen molar-refractivity contribution in [1.82, 2.24) is 4.57 Å². The Bertz CT molecular complexity index is 1070. The van der Waals surface area contributed by atoms with Crippen molar-refractivity contribution in [1.29, 1.82) is 0 Å². The number of rotatable bonds is 9. The maximum Gasteiger partial charge on any atom is 0.248 e. The molecule has 2 amide bonds.